The number of aromatic amines is 1. The van der Waals surface area contributed by atoms with Gasteiger partial charge in [-0.1, -0.05) is 42.5 Å². The average Bonchev–Trinajstić information content (AvgIpc) is 0.888. The molecule has 1 aromatic heterocycles. The summed E-state index contributed by atoms with van der Waals surface area (Å²) in [5.74, 6) is -17.1. The van der Waals surface area contributed by atoms with Gasteiger partial charge in [-0.3, -0.25) is 72.3 Å². The largest absolute Gasteiger partial charge is 0.480 e. The summed E-state index contributed by atoms with van der Waals surface area (Å²) in [6, 6.07) is -6.24. The molecule has 38 nitrogen and oxygen atoms in total. The minimum Gasteiger partial charge on any atom is -0.480 e. The third-order valence-corrected chi connectivity index (χ3v) is 15.6. The molecule has 0 radical (unpaired) electrons. The number of aliphatic hydroxyl groups excluding tert-OH is 2. The molecule has 536 valence electrons. The summed E-state index contributed by atoms with van der Waals surface area (Å²) >= 11 is 0.879. The maximum absolute atomic E-state index is 15.0. The van der Waals surface area contributed by atoms with Gasteiger partial charge in [0.15, 0.2) is 11.9 Å². The van der Waals surface area contributed by atoms with Gasteiger partial charge in [-0.25, -0.2) is 9.78 Å². The minimum atomic E-state index is -2.00. The number of carboxylic acids is 1. The van der Waals surface area contributed by atoms with Gasteiger partial charge in [0.2, 0.25) is 76.8 Å². The number of nitrogens with two attached hydrogens (primary N) is 5. The first-order valence-electron chi connectivity index (χ1n) is 30.8. The van der Waals surface area contributed by atoms with Crippen LogP contribution in [0.25, 0.3) is 10.8 Å². The van der Waals surface area contributed by atoms with Crippen molar-refractivity contribution >= 4 is 117 Å². The molecule has 0 aliphatic carbocycles. The summed E-state index contributed by atoms with van der Waals surface area (Å²) in [4.78, 5) is 209. The van der Waals surface area contributed by atoms with Crippen molar-refractivity contribution in [2.75, 3.05) is 31.3 Å². The highest BCUT2D eigenvalue weighted by Gasteiger charge is 2.39. The van der Waals surface area contributed by atoms with Crippen LogP contribution in [-0.2, 0) is 80.0 Å². The van der Waals surface area contributed by atoms with Crippen molar-refractivity contribution in [2.45, 2.75) is 158 Å². The van der Waals surface area contributed by atoms with E-state index < -0.39 is 187 Å². The highest BCUT2D eigenvalue weighted by atomic mass is 32.2. The standard InChI is InChI=1S/C59H87N21O17S/c1-28(81)46-55(94)75-39(20-33-12-7-11-32-10-5-6-13-35(32)33)51(90)72-37(15-9-19-67-59(63)64)49(88)77-42(53(92)76-41(57(96)97)21-34-23-65-26-69-34)24-68-45(86)22-40(71-31(4)84)52(91)80-47(29(2)82)56(95)78-43(25-98-27-70-30(3)83)54(93)73-36(14-8-18-66-58(61)62)48(87)74-38(50(89)79-46)16-17-44(60)85/h5-7,10-13,23,26,28-29,36-43,46-47,81-82H,8-9,14-22,24-25,27H2,1-4H3,(H2,60,85)(H,65,69)(H,68,86)(H,70,83)(H,71,84)(H,72,90)(H,73,93)(H,74,87)(H,75,94)(H,76,92)(H,77,88)(H,78,95)(H,79,89)(H,80,91)(H,96,97)(H4,61,62,66)(H4,63,64,67)/t28-,29-,36+,37+,38+,39+,40+,41+,42+,43+,46+,47+/m1/s1. The van der Waals surface area contributed by atoms with Gasteiger partial charge >= 0.3 is 5.97 Å². The number of imidazole rings is 1. The van der Waals surface area contributed by atoms with E-state index >= 15 is 4.79 Å². The first-order chi connectivity index (χ1) is 46.3. The van der Waals surface area contributed by atoms with Crippen LogP contribution >= 0.6 is 11.8 Å². The SMILES string of the molecule is CC(=O)NCSC[C@@H]1NC(=O)[C@H]([C@@H](C)O)NC(=O)[C@@H](NC(C)=O)CC(=O)NC[C@@H](C(=O)N[C@@H](Cc2cnc[nH]2)C(=O)O)NC(=O)[C@H](CCCN=C(N)N)NC(=O)[C@H](Cc2cccc3ccccc23)NC(=O)[C@H]([C@@H](C)O)NC(=O)[C@H](CCC(N)=O)NC(=O)[C@H](CCCN=C(N)N)NC1=O. The number of primary amides is 1. The van der Waals surface area contributed by atoms with E-state index in [4.69, 9.17) is 28.7 Å². The number of amides is 13. The van der Waals surface area contributed by atoms with Crippen LogP contribution in [0.5, 0.6) is 0 Å². The molecule has 1 aliphatic heterocycles. The zero-order chi connectivity index (χ0) is 72.8. The number of benzene rings is 2. The van der Waals surface area contributed by atoms with E-state index in [9.17, 15) is 77.6 Å². The normalized spacial score (nSPS) is 22.3. The van der Waals surface area contributed by atoms with E-state index in [2.05, 4.69) is 83.8 Å². The number of aliphatic carboxylic acids is 1. The number of rotatable bonds is 25. The van der Waals surface area contributed by atoms with Gasteiger partial charge in [-0.2, -0.15) is 0 Å². The van der Waals surface area contributed by atoms with Gasteiger partial charge in [-0.15, -0.1) is 11.8 Å². The molecule has 3 aromatic rings. The lowest BCUT2D eigenvalue weighted by Crippen LogP contribution is -2.62. The molecule has 12 atom stereocenters. The summed E-state index contributed by atoms with van der Waals surface area (Å²) in [6.45, 7) is 3.13. The lowest BCUT2D eigenvalue weighted by molar-refractivity contribution is -0.142. The lowest BCUT2D eigenvalue weighted by Gasteiger charge is -2.29. The molecule has 98 heavy (non-hydrogen) atoms. The number of aliphatic imine (C=N–C) groups is 2. The summed E-state index contributed by atoms with van der Waals surface area (Å²) in [6.07, 6.45) is -4.79. The van der Waals surface area contributed by atoms with Crippen molar-refractivity contribution in [2.24, 2.45) is 38.7 Å². The maximum atomic E-state index is 15.0. The number of guanidine groups is 2. The number of hydrogen-bond acceptors (Lipinski definition) is 20. The van der Waals surface area contributed by atoms with Crippen LogP contribution in [0.3, 0.4) is 0 Å². The van der Waals surface area contributed by atoms with Crippen LogP contribution in [0, 0.1) is 0 Å². The average molecular weight is 1390 g/mol. The fourth-order valence-electron chi connectivity index (χ4n) is 9.67. The molecule has 13 amide bonds. The lowest BCUT2D eigenvalue weighted by atomic mass is 9.97. The van der Waals surface area contributed by atoms with Crippen molar-refractivity contribution in [1.29, 1.82) is 0 Å². The minimum absolute atomic E-state index is 0.0516. The number of carbonyl (C=O) groups excluding carboxylic acids is 13. The van der Waals surface area contributed by atoms with Crippen LogP contribution in [0.2, 0.25) is 0 Å². The molecule has 0 bridgehead atoms. The zero-order valence-electron chi connectivity index (χ0n) is 54.2. The Morgan fingerprint density at radius 2 is 1.16 bits per heavy atom. The second-order valence-corrected chi connectivity index (χ2v) is 23.8. The summed E-state index contributed by atoms with van der Waals surface area (Å²) < 4.78 is 0. The van der Waals surface area contributed by atoms with Gasteiger partial charge in [-0.05, 0) is 62.3 Å². The summed E-state index contributed by atoms with van der Waals surface area (Å²) in [7, 11) is 0. The smallest absolute Gasteiger partial charge is 0.326 e. The first-order valence-corrected chi connectivity index (χ1v) is 32.0. The van der Waals surface area contributed by atoms with Gasteiger partial charge in [0.25, 0.3) is 0 Å². The monoisotopic (exact) mass is 1390 g/mol. The van der Waals surface area contributed by atoms with E-state index in [-0.39, 0.29) is 75.1 Å². The summed E-state index contributed by atoms with van der Waals surface area (Å²) in [5, 5.41) is 62.6. The Bertz CT molecular complexity index is 3380. The fraction of sp³-hybridized carbons (Fsp3) is 0.508. The number of carboxylic acid groups (broad SMARTS) is 1. The molecule has 2 aromatic carbocycles. The van der Waals surface area contributed by atoms with E-state index in [0.29, 0.717) is 16.3 Å². The number of aromatic nitrogens is 2. The van der Waals surface area contributed by atoms with E-state index in [1.54, 1.807) is 42.5 Å². The zero-order valence-corrected chi connectivity index (χ0v) is 55.0. The number of H-pyrrole nitrogens is 1. The van der Waals surface area contributed by atoms with Gasteiger partial charge in [0, 0.05) is 70.4 Å². The van der Waals surface area contributed by atoms with Gasteiger partial charge in [0.1, 0.15) is 60.4 Å². The highest BCUT2D eigenvalue weighted by Crippen LogP contribution is 2.21. The Labute approximate surface area is 565 Å². The van der Waals surface area contributed by atoms with Crippen molar-refractivity contribution in [3.8, 4) is 0 Å². The Morgan fingerprint density at radius 1 is 0.643 bits per heavy atom. The molecular formula is C59H87N21O17S. The Morgan fingerprint density at radius 3 is 1.70 bits per heavy atom. The van der Waals surface area contributed by atoms with Crippen molar-refractivity contribution < 1.29 is 82.4 Å². The molecule has 4 rings (SSSR count). The van der Waals surface area contributed by atoms with Crippen LogP contribution < -0.4 is 92.5 Å². The third-order valence-electron chi connectivity index (χ3n) is 14.7. The number of nitrogens with zero attached hydrogens (tertiary/aromatic N) is 3. The summed E-state index contributed by atoms with van der Waals surface area (Å²) in [5.41, 5.74) is 28.4. The highest BCUT2D eigenvalue weighted by molar-refractivity contribution is 7.99. The number of fused-ring (bicyclic) bond motifs is 1. The topological polar surface area (TPSA) is 628 Å². The fourth-order valence-corrected chi connectivity index (χ4v) is 10.6. The molecule has 1 aliphatic rings. The number of hydrogen-bond donors (Lipinski definition) is 21. The van der Waals surface area contributed by atoms with Crippen LogP contribution in [0.4, 0.5) is 0 Å². The molecule has 26 N–H and O–H groups in total. The molecule has 2 heterocycles. The first kappa shape index (κ1) is 79.7. The second kappa shape index (κ2) is 40.0. The number of nitrogens with one attached hydrogen (secondary N) is 13. The number of carbonyl (C=O) groups is 14. The van der Waals surface area contributed by atoms with Gasteiger partial charge in [0.05, 0.1) is 30.8 Å². The number of thioether (sulfide) groups is 1. The molecule has 1 fully saturated rings. The quantitative estimate of drug-likeness (QED) is 0.0162. The number of aliphatic hydroxyl groups is 2. The Kier molecular flexibility index (Phi) is 32.5. The van der Waals surface area contributed by atoms with Crippen LogP contribution in [-0.4, -0.2) is 224 Å². The van der Waals surface area contributed by atoms with E-state index in [1.165, 1.54) is 19.4 Å². The molecule has 0 saturated carbocycles. The second-order valence-electron chi connectivity index (χ2n) is 22.8. The van der Waals surface area contributed by atoms with Crippen molar-refractivity contribution in [3.63, 3.8) is 0 Å². The Hall–Kier alpha value is -10.7. The Balaban J connectivity index is 1.96. The van der Waals surface area contributed by atoms with Crippen LogP contribution in [0.1, 0.15) is 83.9 Å². The molecular weight excluding hydrogens is 1310 g/mol. The van der Waals surface area contributed by atoms with Gasteiger partial charge < -0.3 is 113 Å². The predicted molar refractivity (Wildman–Crippen MR) is 353 cm³/mol. The van der Waals surface area contributed by atoms with E-state index in [1.807, 2.05) is 0 Å². The van der Waals surface area contributed by atoms with Crippen molar-refractivity contribution in [3.05, 3.63) is 66.2 Å². The third kappa shape index (κ3) is 27.6. The predicted octanol–water partition coefficient (Wildman–Crippen LogP) is -8.22. The molecule has 0 spiro atoms. The molecule has 39 heteroatoms. The molecule has 1 saturated heterocycles. The van der Waals surface area contributed by atoms with Crippen molar-refractivity contribution in [1.82, 2.24) is 73.8 Å². The van der Waals surface area contributed by atoms with E-state index in [0.717, 1.165) is 32.5 Å². The van der Waals surface area contributed by atoms with Crippen LogP contribution in [0.15, 0.2) is 65.0 Å². The maximum Gasteiger partial charge on any atom is 0.326 e. The molecule has 0 unspecified atom stereocenters.